The summed E-state index contributed by atoms with van der Waals surface area (Å²) in [5, 5.41) is 0. The van der Waals surface area contributed by atoms with Crippen LogP contribution in [0.1, 0.15) is 18.1 Å². The third kappa shape index (κ3) is 3.65. The molecule has 19 heavy (non-hydrogen) atoms. The zero-order chi connectivity index (χ0) is 13.5. The molecule has 2 nitrogen and oxygen atoms in total. The van der Waals surface area contributed by atoms with E-state index in [0.717, 1.165) is 23.5 Å². The lowest BCUT2D eigenvalue weighted by Crippen LogP contribution is -2.09. The number of ether oxygens (including phenoxy) is 2. The second kappa shape index (κ2) is 7.05. The number of hydrogen-bond acceptors (Lipinski definition) is 2. The van der Waals surface area contributed by atoms with Crippen molar-refractivity contribution in [3.8, 4) is 11.5 Å². The minimum absolute atomic E-state index is 0.0602. The second-order valence-electron chi connectivity index (χ2n) is 4.15. The number of halogens is 1. The number of alkyl halides is 1. The van der Waals surface area contributed by atoms with Gasteiger partial charge in [0.2, 0.25) is 0 Å². The lowest BCUT2D eigenvalue weighted by atomic mass is 10.1. The first-order valence-electron chi connectivity index (χ1n) is 6.25. The number of rotatable bonds is 6. The van der Waals surface area contributed by atoms with Crippen LogP contribution < -0.4 is 9.47 Å². The molecule has 100 valence electrons. The van der Waals surface area contributed by atoms with Gasteiger partial charge in [-0.1, -0.05) is 42.5 Å². The predicted molar refractivity (Wildman–Crippen MR) is 78.1 cm³/mol. The Morgan fingerprint density at radius 2 is 1.58 bits per heavy atom. The van der Waals surface area contributed by atoms with Crippen molar-refractivity contribution in [1.29, 1.82) is 0 Å². The first-order chi connectivity index (χ1) is 9.35. The molecule has 0 radical (unpaired) electrons. The lowest BCUT2D eigenvalue weighted by molar-refractivity contribution is 0.193. The maximum Gasteiger partial charge on any atom is 0.162 e. The van der Waals surface area contributed by atoms with E-state index < -0.39 is 0 Å². The summed E-state index contributed by atoms with van der Waals surface area (Å²) in [6.07, 6.45) is 0.693. The lowest BCUT2D eigenvalue weighted by Gasteiger charge is -2.20. The Morgan fingerprint density at radius 1 is 0.947 bits per heavy atom. The molecule has 0 aliphatic carbocycles. The summed E-state index contributed by atoms with van der Waals surface area (Å²) in [6, 6.07) is 17.7. The van der Waals surface area contributed by atoms with E-state index >= 15 is 0 Å². The van der Waals surface area contributed by atoms with Crippen molar-refractivity contribution in [2.75, 3.05) is 13.0 Å². The van der Waals surface area contributed by atoms with Crippen molar-refractivity contribution in [2.24, 2.45) is 0 Å². The number of methoxy groups -OCH3 is 1. The molecule has 0 saturated heterocycles. The van der Waals surface area contributed by atoms with Gasteiger partial charge in [-0.2, -0.15) is 0 Å². The summed E-state index contributed by atoms with van der Waals surface area (Å²) in [5.74, 6) is 2.02. The van der Waals surface area contributed by atoms with Crippen molar-refractivity contribution < 1.29 is 9.47 Å². The van der Waals surface area contributed by atoms with E-state index in [9.17, 15) is 0 Å². The molecule has 0 bridgehead atoms. The van der Waals surface area contributed by atoms with Gasteiger partial charge in [0.15, 0.2) is 11.5 Å². The monoisotopic (exact) mass is 276 g/mol. The van der Waals surface area contributed by atoms with Crippen molar-refractivity contribution in [3.63, 3.8) is 0 Å². The van der Waals surface area contributed by atoms with Crippen molar-refractivity contribution >= 4 is 11.6 Å². The van der Waals surface area contributed by atoms with Gasteiger partial charge in [-0.3, -0.25) is 0 Å². The SMILES string of the molecule is COc1ccccc1O[C@@H](CCCl)c1ccccc1. The predicted octanol–water partition coefficient (Wildman–Crippen LogP) is 4.44. The normalized spacial score (nSPS) is 11.9. The Kier molecular flexibility index (Phi) is 5.10. The third-order valence-electron chi connectivity index (χ3n) is 2.88. The zero-order valence-corrected chi connectivity index (χ0v) is 11.6. The van der Waals surface area contributed by atoms with Crippen molar-refractivity contribution in [1.82, 2.24) is 0 Å². The van der Waals surface area contributed by atoms with Crippen LogP contribution in [-0.2, 0) is 0 Å². The summed E-state index contributed by atoms with van der Waals surface area (Å²) in [7, 11) is 1.64. The Morgan fingerprint density at radius 3 is 2.21 bits per heavy atom. The van der Waals surface area contributed by atoms with Gasteiger partial charge >= 0.3 is 0 Å². The van der Waals surface area contributed by atoms with Crippen molar-refractivity contribution in [2.45, 2.75) is 12.5 Å². The van der Waals surface area contributed by atoms with Crippen LogP contribution in [0.15, 0.2) is 54.6 Å². The average molecular weight is 277 g/mol. The first-order valence-corrected chi connectivity index (χ1v) is 6.79. The molecule has 2 aromatic rings. The van der Waals surface area contributed by atoms with E-state index in [-0.39, 0.29) is 6.10 Å². The average Bonchev–Trinajstić information content (AvgIpc) is 2.48. The molecule has 0 N–H and O–H groups in total. The Hall–Kier alpha value is -1.67. The highest BCUT2D eigenvalue weighted by atomic mass is 35.5. The highest BCUT2D eigenvalue weighted by Crippen LogP contribution is 2.32. The zero-order valence-electron chi connectivity index (χ0n) is 10.9. The molecular formula is C16H17ClO2. The maximum atomic E-state index is 6.05. The second-order valence-corrected chi connectivity index (χ2v) is 4.52. The molecule has 0 aromatic heterocycles. The van der Waals surface area contributed by atoms with Gasteiger partial charge in [-0.05, 0) is 17.7 Å². The number of benzene rings is 2. The van der Waals surface area contributed by atoms with Gasteiger partial charge in [0.1, 0.15) is 6.10 Å². The molecule has 0 amide bonds. The van der Waals surface area contributed by atoms with Crippen LogP contribution in [-0.4, -0.2) is 13.0 Å². The van der Waals surface area contributed by atoms with Crippen molar-refractivity contribution in [3.05, 3.63) is 60.2 Å². The van der Waals surface area contributed by atoms with Gasteiger partial charge in [0, 0.05) is 12.3 Å². The smallest absolute Gasteiger partial charge is 0.162 e. The number of hydrogen-bond donors (Lipinski definition) is 0. The van der Waals surface area contributed by atoms with E-state index in [2.05, 4.69) is 0 Å². The Bertz CT molecular complexity index is 499. The summed E-state index contributed by atoms with van der Waals surface area (Å²) in [6.45, 7) is 0. The minimum Gasteiger partial charge on any atom is -0.493 e. The van der Waals surface area contributed by atoms with Crippen LogP contribution in [0.5, 0.6) is 11.5 Å². The molecule has 2 aromatic carbocycles. The Labute approximate surface area is 118 Å². The topological polar surface area (TPSA) is 18.5 Å². The van der Waals surface area contributed by atoms with Crippen LogP contribution in [0, 0.1) is 0 Å². The van der Waals surface area contributed by atoms with Gasteiger partial charge in [-0.25, -0.2) is 0 Å². The van der Waals surface area contributed by atoms with E-state index in [1.807, 2.05) is 54.6 Å². The molecule has 0 aliphatic heterocycles. The Balaban J connectivity index is 2.21. The minimum atomic E-state index is -0.0602. The molecule has 0 unspecified atom stereocenters. The summed E-state index contributed by atoms with van der Waals surface area (Å²) in [4.78, 5) is 0. The quantitative estimate of drug-likeness (QED) is 0.726. The molecular weight excluding hydrogens is 260 g/mol. The summed E-state index contributed by atoms with van der Waals surface area (Å²) < 4.78 is 11.4. The maximum absolute atomic E-state index is 6.05. The molecule has 3 heteroatoms. The molecule has 0 fully saturated rings. The van der Waals surface area contributed by atoms with Gasteiger partial charge in [0.25, 0.3) is 0 Å². The van der Waals surface area contributed by atoms with Gasteiger partial charge in [-0.15, -0.1) is 11.6 Å². The van der Waals surface area contributed by atoms with Crippen LogP contribution in [0.25, 0.3) is 0 Å². The fourth-order valence-electron chi connectivity index (χ4n) is 1.93. The molecule has 0 aliphatic rings. The van der Waals surface area contributed by atoms with E-state index in [0.29, 0.717) is 5.88 Å². The molecule has 0 spiro atoms. The molecule has 0 heterocycles. The first kappa shape index (κ1) is 13.8. The highest BCUT2D eigenvalue weighted by Gasteiger charge is 2.14. The standard InChI is InChI=1S/C16H17ClO2/c1-18-15-9-5-6-10-16(15)19-14(11-12-17)13-7-3-2-4-8-13/h2-10,14H,11-12H2,1H3/t14-/m0/s1. The molecule has 0 saturated carbocycles. The molecule has 1 atom stereocenters. The third-order valence-corrected chi connectivity index (χ3v) is 3.10. The van der Waals surface area contributed by atoms with E-state index in [1.54, 1.807) is 7.11 Å². The van der Waals surface area contributed by atoms with E-state index in [1.165, 1.54) is 0 Å². The van der Waals surface area contributed by atoms with Crippen LogP contribution in [0.2, 0.25) is 0 Å². The summed E-state index contributed by atoms with van der Waals surface area (Å²) >= 11 is 5.87. The largest absolute Gasteiger partial charge is 0.493 e. The van der Waals surface area contributed by atoms with E-state index in [4.69, 9.17) is 21.1 Å². The van der Waals surface area contributed by atoms with Crippen LogP contribution >= 0.6 is 11.6 Å². The van der Waals surface area contributed by atoms with Crippen LogP contribution in [0.4, 0.5) is 0 Å². The summed E-state index contributed by atoms with van der Waals surface area (Å²) in [5.41, 5.74) is 1.12. The molecule has 2 rings (SSSR count). The highest BCUT2D eigenvalue weighted by molar-refractivity contribution is 6.17. The van der Waals surface area contributed by atoms with Gasteiger partial charge in [0.05, 0.1) is 7.11 Å². The fraction of sp³-hybridized carbons (Fsp3) is 0.250. The number of para-hydroxylation sites is 2. The van der Waals surface area contributed by atoms with Gasteiger partial charge < -0.3 is 9.47 Å². The van der Waals surface area contributed by atoms with Crippen LogP contribution in [0.3, 0.4) is 0 Å². The fourth-order valence-corrected chi connectivity index (χ4v) is 2.13.